The maximum absolute atomic E-state index is 13.2. The Hall–Kier alpha value is -3.27. The molecule has 1 aliphatic rings. The highest BCUT2D eigenvalue weighted by Gasteiger charge is 2.33. The zero-order valence-electron chi connectivity index (χ0n) is 20.4. The number of hydrogen-bond donors (Lipinski definition) is 1. The number of hydrogen-bond acceptors (Lipinski definition) is 5. The van der Waals surface area contributed by atoms with E-state index in [0.717, 1.165) is 17.7 Å². The zero-order chi connectivity index (χ0) is 27.3. The molecule has 1 aliphatic heterocycles. The number of amides is 1. The van der Waals surface area contributed by atoms with Gasteiger partial charge in [-0.2, -0.15) is 13.2 Å². The molecular formula is C27H25Cl2F3N4O2. The third-order valence-corrected chi connectivity index (χ3v) is 6.35. The van der Waals surface area contributed by atoms with E-state index in [4.69, 9.17) is 27.6 Å². The number of amidine groups is 1. The molecular weight excluding hydrogens is 540 g/mol. The van der Waals surface area contributed by atoms with Crippen molar-refractivity contribution in [3.05, 3.63) is 99.6 Å². The Kier molecular flexibility index (Phi) is 8.81. The number of nitrogens with one attached hydrogen (secondary N) is 1. The molecule has 2 heterocycles. The molecule has 6 nitrogen and oxygen atoms in total. The number of carbonyl (C=O) groups is 1. The van der Waals surface area contributed by atoms with E-state index in [1.165, 1.54) is 5.01 Å². The number of anilines is 1. The van der Waals surface area contributed by atoms with Crippen LogP contribution in [-0.4, -0.2) is 36.4 Å². The maximum atomic E-state index is 13.2. The van der Waals surface area contributed by atoms with Crippen LogP contribution in [0.15, 0.2) is 82.0 Å². The van der Waals surface area contributed by atoms with E-state index < -0.39 is 11.7 Å². The van der Waals surface area contributed by atoms with Crippen LogP contribution in [0.3, 0.4) is 0 Å². The van der Waals surface area contributed by atoms with Gasteiger partial charge in [-0.1, -0.05) is 60.5 Å². The van der Waals surface area contributed by atoms with Gasteiger partial charge in [-0.05, 0) is 36.8 Å². The average molecular weight is 565 g/mol. The lowest BCUT2D eigenvalue weighted by Crippen LogP contribution is -2.47. The van der Waals surface area contributed by atoms with Crippen molar-refractivity contribution in [1.29, 1.82) is 0 Å². The van der Waals surface area contributed by atoms with Crippen LogP contribution in [0.1, 0.15) is 30.2 Å². The number of rotatable bonds is 10. The van der Waals surface area contributed by atoms with E-state index in [0.29, 0.717) is 43.2 Å². The van der Waals surface area contributed by atoms with Crippen LogP contribution in [0.2, 0.25) is 10.0 Å². The Morgan fingerprint density at radius 1 is 1.08 bits per heavy atom. The topological polar surface area (TPSA) is 61.1 Å². The molecule has 1 amide bonds. The van der Waals surface area contributed by atoms with Gasteiger partial charge < -0.3 is 9.32 Å². The molecule has 0 saturated carbocycles. The van der Waals surface area contributed by atoms with Crippen molar-refractivity contribution >= 4 is 40.6 Å². The summed E-state index contributed by atoms with van der Waals surface area (Å²) in [5, 5.41) is 1.19. The Morgan fingerprint density at radius 3 is 2.39 bits per heavy atom. The van der Waals surface area contributed by atoms with Gasteiger partial charge in [-0.25, -0.2) is 15.4 Å². The molecule has 11 heteroatoms. The maximum Gasteiger partial charge on any atom is 0.416 e. The minimum absolute atomic E-state index is 0.0924. The number of allylic oxidation sites excluding steroid dienone is 1. The predicted octanol–water partition coefficient (Wildman–Crippen LogP) is 6.74. The van der Waals surface area contributed by atoms with Crippen LogP contribution in [-0.2, 0) is 17.4 Å². The molecule has 0 bridgehead atoms. The average Bonchev–Trinajstić information content (AvgIpc) is 3.50. The normalized spacial score (nSPS) is 14.9. The molecule has 1 aromatic heterocycles. The van der Waals surface area contributed by atoms with Crippen molar-refractivity contribution in [3.63, 3.8) is 0 Å². The van der Waals surface area contributed by atoms with Crippen LogP contribution >= 0.6 is 23.2 Å². The fourth-order valence-corrected chi connectivity index (χ4v) is 4.77. The minimum atomic E-state index is -4.56. The number of furan rings is 1. The molecule has 2 aromatic carbocycles. The number of benzene rings is 2. The molecule has 200 valence electrons. The summed E-state index contributed by atoms with van der Waals surface area (Å²) in [7, 11) is 0. The first-order chi connectivity index (χ1) is 18.2. The summed E-state index contributed by atoms with van der Waals surface area (Å²) in [6, 6.07) is 14.6. The predicted molar refractivity (Wildman–Crippen MR) is 142 cm³/mol. The van der Waals surface area contributed by atoms with Gasteiger partial charge in [0.25, 0.3) is 5.91 Å². The smallest absolute Gasteiger partial charge is 0.416 e. The molecule has 0 fully saturated rings. The first kappa shape index (κ1) is 27.8. The van der Waals surface area contributed by atoms with Crippen LogP contribution in [0.25, 0.3) is 0 Å². The van der Waals surface area contributed by atoms with E-state index >= 15 is 0 Å². The van der Waals surface area contributed by atoms with Crippen molar-refractivity contribution in [1.82, 2.24) is 10.4 Å². The van der Waals surface area contributed by atoms with Crippen LogP contribution in [0.5, 0.6) is 0 Å². The van der Waals surface area contributed by atoms with Crippen molar-refractivity contribution in [2.24, 2.45) is 4.99 Å². The summed E-state index contributed by atoms with van der Waals surface area (Å²) in [6.45, 7) is 3.01. The van der Waals surface area contributed by atoms with Gasteiger partial charge in [-0.3, -0.25) is 4.79 Å². The van der Waals surface area contributed by atoms with Crippen molar-refractivity contribution in [2.45, 2.75) is 25.9 Å². The van der Waals surface area contributed by atoms with E-state index in [-0.39, 0.29) is 28.2 Å². The molecule has 0 saturated heterocycles. The van der Waals surface area contributed by atoms with E-state index in [1.54, 1.807) is 23.3 Å². The minimum Gasteiger partial charge on any atom is -0.469 e. The van der Waals surface area contributed by atoms with Gasteiger partial charge in [0, 0.05) is 31.6 Å². The van der Waals surface area contributed by atoms with Crippen LogP contribution in [0, 0.1) is 0 Å². The molecule has 0 aliphatic carbocycles. The number of nitrogens with zero attached hydrogens (tertiary/aromatic N) is 3. The molecule has 0 spiro atoms. The van der Waals surface area contributed by atoms with E-state index in [9.17, 15) is 18.0 Å². The standard InChI is InChI=1S/C27H25Cl2F3N4O2/c1-2-13-35(24-21(28)16-19(17-22(24)29)27(30,31)32)14-12-33-36-25(18-7-4-3-5-8-18)34-23(26(36)37)11-10-20-9-6-15-38-20/h3-9,11,15-17,33H,2,10,12-14H2,1H3/b23-11-. The van der Waals surface area contributed by atoms with Crippen molar-refractivity contribution in [2.75, 3.05) is 24.5 Å². The third-order valence-electron chi connectivity index (χ3n) is 5.77. The molecule has 38 heavy (non-hydrogen) atoms. The van der Waals surface area contributed by atoms with Gasteiger partial charge in [0.1, 0.15) is 11.5 Å². The molecule has 3 aromatic rings. The third kappa shape index (κ3) is 6.40. The largest absolute Gasteiger partial charge is 0.469 e. The molecule has 4 rings (SSSR count). The lowest BCUT2D eigenvalue weighted by molar-refractivity contribution is -0.137. The fraction of sp³-hybridized carbons (Fsp3) is 0.259. The highest BCUT2D eigenvalue weighted by molar-refractivity contribution is 6.39. The SMILES string of the molecule is CCCN(CCNN1C(=O)/C(=C/Cc2ccco2)N=C1c1ccccc1)c1c(Cl)cc(C(F)(F)F)cc1Cl. The molecule has 0 radical (unpaired) electrons. The lowest BCUT2D eigenvalue weighted by atomic mass is 10.1. The van der Waals surface area contributed by atoms with Crippen molar-refractivity contribution in [3.8, 4) is 0 Å². The Bertz CT molecular complexity index is 1300. The van der Waals surface area contributed by atoms with E-state index in [1.807, 2.05) is 43.3 Å². The molecule has 0 unspecified atom stereocenters. The second-order valence-corrected chi connectivity index (χ2v) is 9.31. The summed E-state index contributed by atoms with van der Waals surface area (Å²) in [4.78, 5) is 19.6. The number of alkyl halides is 3. The summed E-state index contributed by atoms with van der Waals surface area (Å²) in [5.74, 6) is 0.811. The second kappa shape index (κ2) is 12.1. The first-order valence-corrected chi connectivity index (χ1v) is 12.7. The van der Waals surface area contributed by atoms with E-state index in [2.05, 4.69) is 10.4 Å². The Morgan fingerprint density at radius 2 is 1.79 bits per heavy atom. The Balaban J connectivity index is 1.52. The quantitative estimate of drug-likeness (QED) is 0.277. The van der Waals surface area contributed by atoms with Gasteiger partial charge in [0.05, 0.1) is 27.6 Å². The van der Waals surface area contributed by atoms with Gasteiger partial charge in [0.15, 0.2) is 5.84 Å². The summed E-state index contributed by atoms with van der Waals surface area (Å²) >= 11 is 12.5. The summed E-state index contributed by atoms with van der Waals surface area (Å²) in [6.07, 6.45) is -0.186. The fourth-order valence-electron chi connectivity index (χ4n) is 4.04. The van der Waals surface area contributed by atoms with Gasteiger partial charge in [0.2, 0.25) is 0 Å². The van der Waals surface area contributed by atoms with Crippen LogP contribution in [0.4, 0.5) is 18.9 Å². The molecule has 0 atom stereocenters. The Labute approximate surface area is 228 Å². The second-order valence-electron chi connectivity index (χ2n) is 8.50. The van der Waals surface area contributed by atoms with Crippen molar-refractivity contribution < 1.29 is 22.4 Å². The number of hydrazine groups is 1. The summed E-state index contributed by atoms with van der Waals surface area (Å²) in [5.41, 5.74) is 3.53. The zero-order valence-corrected chi connectivity index (χ0v) is 21.9. The lowest BCUT2D eigenvalue weighted by Gasteiger charge is -2.28. The van der Waals surface area contributed by atoms with Gasteiger partial charge in [-0.15, -0.1) is 0 Å². The summed E-state index contributed by atoms with van der Waals surface area (Å²) < 4.78 is 44.9. The highest BCUT2D eigenvalue weighted by atomic mass is 35.5. The monoisotopic (exact) mass is 564 g/mol. The number of carbonyl (C=O) groups excluding carboxylic acids is 1. The van der Waals surface area contributed by atoms with Crippen LogP contribution < -0.4 is 10.3 Å². The van der Waals surface area contributed by atoms with Gasteiger partial charge >= 0.3 is 6.18 Å². The molecule has 1 N–H and O–H groups in total. The highest BCUT2D eigenvalue weighted by Crippen LogP contribution is 2.40. The number of halogens is 5. The first-order valence-electron chi connectivity index (χ1n) is 11.9. The number of aliphatic imine (C=N–C) groups is 1.